The molecule has 37 heavy (non-hydrogen) atoms. The van der Waals surface area contributed by atoms with Gasteiger partial charge in [-0.1, -0.05) is 99.6 Å². The number of carbonyl (C=O) groups is 3. The van der Waals surface area contributed by atoms with Crippen molar-refractivity contribution < 1.29 is 14.4 Å². The maximum absolute atomic E-state index is 14.7. The largest absolute Gasteiger partial charge is 0.298 e. The molecule has 3 aromatic rings. The molecule has 0 spiro atoms. The Labute approximate surface area is 218 Å². The van der Waals surface area contributed by atoms with Crippen LogP contribution in [0.3, 0.4) is 0 Å². The highest BCUT2D eigenvalue weighted by Crippen LogP contribution is 2.75. The summed E-state index contributed by atoms with van der Waals surface area (Å²) in [5.74, 6) is -1.83. The summed E-state index contributed by atoms with van der Waals surface area (Å²) in [6.45, 7) is 6.03. The number of Topliss-reactive ketones (excluding diaryl/α,β-unsaturated/α-hetero) is 1. The summed E-state index contributed by atoms with van der Waals surface area (Å²) in [4.78, 5) is 44.9. The van der Waals surface area contributed by atoms with Crippen LogP contribution >= 0.6 is 0 Å². The Morgan fingerprint density at radius 1 is 0.622 bits per heavy atom. The van der Waals surface area contributed by atoms with Crippen LogP contribution in [-0.2, 0) is 20.8 Å². The highest BCUT2D eigenvalue weighted by molar-refractivity contribution is 6.34. The Balaban J connectivity index is 1.67. The number of allylic oxidation sites excluding steroid dienone is 2. The van der Waals surface area contributed by atoms with Gasteiger partial charge in [0.1, 0.15) is 0 Å². The van der Waals surface area contributed by atoms with Gasteiger partial charge in [0.25, 0.3) is 0 Å². The average molecular weight is 490 g/mol. The van der Waals surface area contributed by atoms with Gasteiger partial charge in [-0.15, -0.1) is 0 Å². The van der Waals surface area contributed by atoms with E-state index in [4.69, 9.17) is 0 Å². The Hall–Kier alpha value is -3.79. The van der Waals surface area contributed by atoms with E-state index < -0.39 is 22.7 Å². The first-order valence-electron chi connectivity index (χ1n) is 13.4. The molecule has 1 aliphatic heterocycles. The van der Waals surface area contributed by atoms with Crippen LogP contribution in [0.4, 0.5) is 5.69 Å². The zero-order valence-electron chi connectivity index (χ0n) is 21.5. The van der Waals surface area contributed by atoms with Crippen molar-refractivity contribution in [1.29, 1.82) is 0 Å². The van der Waals surface area contributed by atoms with Crippen molar-refractivity contribution in [1.82, 2.24) is 0 Å². The van der Waals surface area contributed by atoms with E-state index in [1.807, 2.05) is 106 Å². The van der Waals surface area contributed by atoms with E-state index in [2.05, 4.69) is 0 Å². The molecule has 2 amide bonds. The fraction of sp³-hybridized carbons (Fsp3) is 0.303. The molecule has 2 fully saturated rings. The summed E-state index contributed by atoms with van der Waals surface area (Å²) in [6, 6.07) is 27.6. The molecule has 0 radical (unpaired) electrons. The van der Waals surface area contributed by atoms with Gasteiger partial charge in [-0.2, -0.15) is 0 Å². The minimum Gasteiger partial charge on any atom is -0.298 e. The molecule has 4 atom stereocenters. The lowest BCUT2D eigenvalue weighted by Crippen LogP contribution is -2.42. The van der Waals surface area contributed by atoms with Gasteiger partial charge in [0, 0.05) is 0 Å². The van der Waals surface area contributed by atoms with Crippen molar-refractivity contribution in [2.75, 3.05) is 4.90 Å². The van der Waals surface area contributed by atoms with Crippen molar-refractivity contribution in [2.24, 2.45) is 22.7 Å². The molecular formula is C33H31NO3. The molecule has 0 aromatic heterocycles. The molecule has 2 aliphatic carbocycles. The third-order valence-corrected chi connectivity index (χ3v) is 9.17. The van der Waals surface area contributed by atoms with Gasteiger partial charge < -0.3 is 0 Å². The highest BCUT2D eigenvalue weighted by Gasteiger charge is 2.80. The molecule has 4 nitrogen and oxygen atoms in total. The van der Waals surface area contributed by atoms with Crippen LogP contribution in [-0.4, -0.2) is 17.6 Å². The number of aryl methyl sites for hydroxylation is 1. The number of hydrogen-bond acceptors (Lipinski definition) is 3. The van der Waals surface area contributed by atoms with Gasteiger partial charge in [-0.25, -0.2) is 4.90 Å². The van der Waals surface area contributed by atoms with E-state index in [0.717, 1.165) is 27.8 Å². The van der Waals surface area contributed by atoms with Crippen LogP contribution in [0.2, 0.25) is 0 Å². The fourth-order valence-corrected chi connectivity index (χ4v) is 7.72. The standard InChI is InChI=1S/C33H31NO3/c1-4-21-15-13-14-20-24(21)34-29(35)27-28(30(34)36)33(6-3)26(23-18-11-8-12-19-23)25(22-16-9-7-10-17-22)32(27,5-2)31(33)37/h7-20,27-28H,4-6H2,1-3H3/t27-,28-,32-,33-/m0/s1. The number of nitrogens with zero attached hydrogens (tertiary/aromatic N) is 1. The van der Waals surface area contributed by atoms with Crippen LogP contribution in [0.1, 0.15) is 50.3 Å². The number of amides is 2. The maximum Gasteiger partial charge on any atom is 0.239 e. The number of hydrogen-bond donors (Lipinski definition) is 0. The lowest BCUT2D eigenvalue weighted by atomic mass is 9.60. The van der Waals surface area contributed by atoms with E-state index in [-0.39, 0.29) is 17.6 Å². The molecule has 1 saturated heterocycles. The molecule has 1 heterocycles. The van der Waals surface area contributed by atoms with Crippen molar-refractivity contribution in [3.05, 3.63) is 102 Å². The lowest BCUT2D eigenvalue weighted by Gasteiger charge is -2.38. The first-order valence-corrected chi connectivity index (χ1v) is 13.4. The number of benzene rings is 3. The Morgan fingerprint density at radius 3 is 1.49 bits per heavy atom. The Morgan fingerprint density at radius 2 is 1.05 bits per heavy atom. The van der Waals surface area contributed by atoms with Crippen LogP contribution in [0.5, 0.6) is 0 Å². The van der Waals surface area contributed by atoms with Crippen molar-refractivity contribution in [3.8, 4) is 0 Å². The third kappa shape index (κ3) is 2.76. The van der Waals surface area contributed by atoms with Crippen molar-refractivity contribution in [2.45, 2.75) is 40.0 Å². The first-order chi connectivity index (χ1) is 18.0. The average Bonchev–Trinajstić information content (AvgIpc) is 3.45. The van der Waals surface area contributed by atoms with E-state index in [1.54, 1.807) is 0 Å². The third-order valence-electron chi connectivity index (χ3n) is 9.17. The number of para-hydroxylation sites is 1. The van der Waals surface area contributed by atoms with Crippen molar-refractivity contribution >= 4 is 34.4 Å². The quantitative estimate of drug-likeness (QED) is 0.379. The van der Waals surface area contributed by atoms with Crippen LogP contribution in [0, 0.1) is 22.7 Å². The fourth-order valence-electron chi connectivity index (χ4n) is 7.72. The summed E-state index contributed by atoms with van der Waals surface area (Å²) in [5, 5.41) is 0. The predicted octanol–water partition coefficient (Wildman–Crippen LogP) is 6.35. The molecule has 2 bridgehead atoms. The number of fused-ring (bicyclic) bond motifs is 5. The maximum atomic E-state index is 14.7. The van der Waals surface area contributed by atoms with Gasteiger partial charge in [0.2, 0.25) is 11.8 Å². The summed E-state index contributed by atoms with van der Waals surface area (Å²) in [7, 11) is 0. The topological polar surface area (TPSA) is 54.5 Å². The molecule has 4 heteroatoms. The van der Waals surface area contributed by atoms with Gasteiger partial charge in [0.05, 0.1) is 28.4 Å². The van der Waals surface area contributed by atoms with Crippen molar-refractivity contribution in [3.63, 3.8) is 0 Å². The second-order valence-corrected chi connectivity index (χ2v) is 10.4. The number of anilines is 1. The molecule has 3 aliphatic rings. The first kappa shape index (κ1) is 23.6. The van der Waals surface area contributed by atoms with E-state index in [1.165, 1.54) is 4.90 Å². The highest BCUT2D eigenvalue weighted by atomic mass is 16.2. The minimum absolute atomic E-state index is 0.0443. The molecule has 1 saturated carbocycles. The molecule has 0 unspecified atom stereocenters. The van der Waals surface area contributed by atoms with Crippen LogP contribution in [0.15, 0.2) is 84.9 Å². The lowest BCUT2D eigenvalue weighted by molar-refractivity contribution is -0.134. The minimum atomic E-state index is -1.05. The van der Waals surface area contributed by atoms with Gasteiger partial charge in [-0.3, -0.25) is 14.4 Å². The summed E-state index contributed by atoms with van der Waals surface area (Å²) >= 11 is 0. The predicted molar refractivity (Wildman–Crippen MR) is 145 cm³/mol. The summed E-state index contributed by atoms with van der Waals surface area (Å²) in [6.07, 6.45) is 1.65. The molecule has 6 rings (SSSR count). The molecule has 3 aromatic carbocycles. The second kappa shape index (κ2) is 8.37. The number of ketones is 1. The smallest absolute Gasteiger partial charge is 0.239 e. The molecular weight excluding hydrogens is 458 g/mol. The van der Waals surface area contributed by atoms with Crippen LogP contribution in [0.25, 0.3) is 11.1 Å². The van der Waals surface area contributed by atoms with Crippen LogP contribution < -0.4 is 4.90 Å². The molecule has 186 valence electrons. The van der Waals surface area contributed by atoms with E-state index >= 15 is 0 Å². The molecule has 0 N–H and O–H groups in total. The summed E-state index contributed by atoms with van der Waals surface area (Å²) < 4.78 is 0. The normalized spacial score (nSPS) is 28.4. The van der Waals surface area contributed by atoms with E-state index in [9.17, 15) is 14.4 Å². The second-order valence-electron chi connectivity index (χ2n) is 10.4. The Bertz CT molecular complexity index is 1370. The van der Waals surface area contributed by atoms with E-state index in [0.29, 0.717) is 24.9 Å². The monoisotopic (exact) mass is 489 g/mol. The van der Waals surface area contributed by atoms with Gasteiger partial charge in [-0.05, 0) is 53.2 Å². The zero-order chi connectivity index (χ0) is 25.9. The number of imide groups is 1. The zero-order valence-corrected chi connectivity index (χ0v) is 21.5. The Kier molecular flexibility index (Phi) is 5.34. The van der Waals surface area contributed by atoms with Gasteiger partial charge >= 0.3 is 0 Å². The number of rotatable bonds is 6. The van der Waals surface area contributed by atoms with Gasteiger partial charge in [0.15, 0.2) is 5.78 Å². The SMILES string of the molecule is CCc1ccccc1N1C(=O)[C@@H]2[C@@H](C1=O)[C@@]1(CC)C(=O)[C@@]2(CC)C(c2ccccc2)=C1c1ccccc1. The summed E-state index contributed by atoms with van der Waals surface area (Å²) in [5.41, 5.74) is 3.30. The number of carbonyl (C=O) groups excluding carboxylic acids is 3.